The minimum absolute atomic E-state index is 0. The van der Waals surface area contributed by atoms with Gasteiger partial charge in [0.15, 0.2) is 5.78 Å². The van der Waals surface area contributed by atoms with Crippen LogP contribution in [0.15, 0.2) is 22.7 Å². The van der Waals surface area contributed by atoms with Crippen molar-refractivity contribution in [2.24, 2.45) is 0 Å². The summed E-state index contributed by atoms with van der Waals surface area (Å²) in [6.07, 6.45) is 2.36. The normalized spacial score (nSPS) is 14.6. The second-order valence-electron chi connectivity index (χ2n) is 5.75. The highest BCUT2D eigenvalue weighted by molar-refractivity contribution is 9.10. The fraction of sp³-hybridized carbons (Fsp3) is 0.529. The minimum Gasteiger partial charge on any atom is -0.496 e. The first-order chi connectivity index (χ1) is 11.0. The molecule has 0 bridgehead atoms. The summed E-state index contributed by atoms with van der Waals surface area (Å²) >= 11 is 3.36. The predicted molar refractivity (Wildman–Crippen MR) is 100 cm³/mol. The van der Waals surface area contributed by atoms with Gasteiger partial charge in [0.1, 0.15) is 5.75 Å². The Balaban J connectivity index is 0.00000288. The molecule has 0 aromatic heterocycles. The third-order valence-corrected chi connectivity index (χ3v) is 4.77. The van der Waals surface area contributed by atoms with Crippen molar-refractivity contribution in [1.29, 1.82) is 0 Å². The molecule has 1 aliphatic rings. The van der Waals surface area contributed by atoms with E-state index in [9.17, 15) is 9.59 Å². The molecular weight excluding hydrogens is 396 g/mol. The van der Waals surface area contributed by atoms with Gasteiger partial charge in [-0.2, -0.15) is 0 Å². The van der Waals surface area contributed by atoms with E-state index < -0.39 is 0 Å². The number of carbonyl (C=O) groups is 2. The molecule has 1 heterocycles. The summed E-state index contributed by atoms with van der Waals surface area (Å²) < 4.78 is 6.05. The molecule has 0 atom stereocenters. The van der Waals surface area contributed by atoms with E-state index in [4.69, 9.17) is 4.74 Å². The highest BCUT2D eigenvalue weighted by Gasteiger charge is 2.23. The van der Waals surface area contributed by atoms with Gasteiger partial charge < -0.3 is 15.0 Å². The average Bonchev–Trinajstić information content (AvgIpc) is 2.59. The van der Waals surface area contributed by atoms with Crippen LogP contribution >= 0.6 is 28.3 Å². The van der Waals surface area contributed by atoms with Crippen molar-refractivity contribution >= 4 is 40.0 Å². The van der Waals surface area contributed by atoms with E-state index in [2.05, 4.69) is 21.2 Å². The number of methoxy groups -OCH3 is 1. The standard InChI is InChI=1S/C17H23BrN2O3.ClH/c1-20(13-7-9-19-10-8-13)17(22)6-4-15(21)14-11-12(18)3-5-16(14)23-2;/h3,5,11,13,19H,4,6-10H2,1-2H3;1H. The maximum Gasteiger partial charge on any atom is 0.223 e. The molecule has 1 fully saturated rings. The monoisotopic (exact) mass is 418 g/mol. The van der Waals surface area contributed by atoms with Crippen LogP contribution in [0.3, 0.4) is 0 Å². The predicted octanol–water partition coefficient (Wildman–Crippen LogP) is 3.05. The van der Waals surface area contributed by atoms with Crippen LogP contribution in [0.4, 0.5) is 0 Å². The Morgan fingerprint density at radius 1 is 1.29 bits per heavy atom. The molecule has 5 nitrogen and oxygen atoms in total. The number of ketones is 1. The molecule has 1 aliphatic heterocycles. The quantitative estimate of drug-likeness (QED) is 0.720. The first-order valence-electron chi connectivity index (χ1n) is 7.86. The zero-order chi connectivity index (χ0) is 16.8. The number of hydrogen-bond acceptors (Lipinski definition) is 4. The number of rotatable bonds is 6. The largest absolute Gasteiger partial charge is 0.496 e. The van der Waals surface area contributed by atoms with E-state index in [1.54, 1.807) is 17.0 Å². The lowest BCUT2D eigenvalue weighted by Crippen LogP contribution is -2.44. The van der Waals surface area contributed by atoms with E-state index in [0.29, 0.717) is 11.3 Å². The van der Waals surface area contributed by atoms with Crippen molar-refractivity contribution in [1.82, 2.24) is 10.2 Å². The molecule has 1 amide bonds. The third-order valence-electron chi connectivity index (χ3n) is 4.28. The number of halogens is 2. The molecule has 24 heavy (non-hydrogen) atoms. The third kappa shape index (κ3) is 5.46. The van der Waals surface area contributed by atoms with Crippen LogP contribution in [0, 0.1) is 0 Å². The molecule has 1 aromatic carbocycles. The molecular formula is C17H24BrClN2O3. The number of nitrogens with zero attached hydrogens (tertiary/aromatic N) is 1. The Labute approximate surface area is 157 Å². The second-order valence-corrected chi connectivity index (χ2v) is 6.67. The zero-order valence-electron chi connectivity index (χ0n) is 14.0. The maximum atomic E-state index is 12.4. The molecule has 0 radical (unpaired) electrons. The zero-order valence-corrected chi connectivity index (χ0v) is 16.4. The van der Waals surface area contributed by atoms with Gasteiger partial charge in [0, 0.05) is 30.4 Å². The van der Waals surface area contributed by atoms with E-state index in [0.717, 1.165) is 30.4 Å². The van der Waals surface area contributed by atoms with Crippen molar-refractivity contribution in [2.75, 3.05) is 27.2 Å². The summed E-state index contributed by atoms with van der Waals surface area (Å²) in [6.45, 7) is 1.88. The molecule has 2 rings (SSSR count). The van der Waals surface area contributed by atoms with Gasteiger partial charge in [-0.1, -0.05) is 15.9 Å². The Bertz CT molecular complexity index is 577. The number of piperidine rings is 1. The second kappa shape index (κ2) is 10.0. The van der Waals surface area contributed by atoms with Gasteiger partial charge >= 0.3 is 0 Å². The van der Waals surface area contributed by atoms with Crippen LogP contribution in [0.1, 0.15) is 36.0 Å². The molecule has 1 saturated heterocycles. The van der Waals surface area contributed by atoms with Gasteiger partial charge in [0.2, 0.25) is 5.91 Å². The summed E-state index contributed by atoms with van der Waals surface area (Å²) in [4.78, 5) is 26.5. The van der Waals surface area contributed by atoms with Crippen LogP contribution in [-0.4, -0.2) is 49.9 Å². The summed E-state index contributed by atoms with van der Waals surface area (Å²) in [5.41, 5.74) is 0.513. The number of carbonyl (C=O) groups excluding carboxylic acids is 2. The first-order valence-corrected chi connectivity index (χ1v) is 8.65. The maximum absolute atomic E-state index is 12.4. The molecule has 0 unspecified atom stereocenters. The van der Waals surface area contributed by atoms with Crippen LogP contribution < -0.4 is 10.1 Å². The lowest BCUT2D eigenvalue weighted by Gasteiger charge is -2.31. The minimum atomic E-state index is -0.0739. The summed E-state index contributed by atoms with van der Waals surface area (Å²) in [5.74, 6) is 0.492. The topological polar surface area (TPSA) is 58.6 Å². The van der Waals surface area contributed by atoms with Crippen molar-refractivity contribution in [3.63, 3.8) is 0 Å². The molecule has 7 heteroatoms. The molecule has 0 aliphatic carbocycles. The summed E-state index contributed by atoms with van der Waals surface area (Å²) in [7, 11) is 3.37. The van der Waals surface area contributed by atoms with Gasteiger partial charge in [-0.15, -0.1) is 12.4 Å². The van der Waals surface area contributed by atoms with Gasteiger partial charge in [0.05, 0.1) is 12.7 Å². The van der Waals surface area contributed by atoms with Crippen molar-refractivity contribution in [2.45, 2.75) is 31.7 Å². The fourth-order valence-electron chi connectivity index (χ4n) is 2.83. The highest BCUT2D eigenvalue weighted by atomic mass is 79.9. The summed E-state index contributed by atoms with van der Waals surface area (Å²) in [5, 5.41) is 3.29. The van der Waals surface area contributed by atoms with E-state index in [-0.39, 0.29) is 43.0 Å². The van der Waals surface area contributed by atoms with Crippen molar-refractivity contribution in [3.8, 4) is 5.75 Å². The average molecular weight is 420 g/mol. The highest BCUT2D eigenvalue weighted by Crippen LogP contribution is 2.24. The number of amides is 1. The van der Waals surface area contributed by atoms with Crippen LogP contribution in [-0.2, 0) is 4.79 Å². The summed E-state index contributed by atoms with van der Waals surface area (Å²) in [6, 6.07) is 5.59. The SMILES string of the molecule is COc1ccc(Br)cc1C(=O)CCC(=O)N(C)C1CCNCC1.Cl. The van der Waals surface area contributed by atoms with Crippen molar-refractivity contribution in [3.05, 3.63) is 28.2 Å². The van der Waals surface area contributed by atoms with E-state index in [1.165, 1.54) is 7.11 Å². The number of ether oxygens (including phenoxy) is 1. The Morgan fingerprint density at radius 3 is 2.58 bits per heavy atom. The lowest BCUT2D eigenvalue weighted by molar-refractivity contribution is -0.132. The Hall–Kier alpha value is -1.11. The smallest absolute Gasteiger partial charge is 0.223 e. The number of hydrogen-bond donors (Lipinski definition) is 1. The number of nitrogens with one attached hydrogen (secondary N) is 1. The Kier molecular flexibility index (Phi) is 8.73. The molecule has 1 aromatic rings. The molecule has 0 saturated carbocycles. The lowest BCUT2D eigenvalue weighted by atomic mass is 10.0. The van der Waals surface area contributed by atoms with Crippen LogP contribution in [0.5, 0.6) is 5.75 Å². The molecule has 0 spiro atoms. The van der Waals surface area contributed by atoms with Gasteiger partial charge in [-0.25, -0.2) is 0 Å². The van der Waals surface area contributed by atoms with Gasteiger partial charge in [-0.3, -0.25) is 9.59 Å². The number of Topliss-reactive ketones (excluding diaryl/α,β-unsaturated/α-hetero) is 1. The van der Waals surface area contributed by atoms with E-state index >= 15 is 0 Å². The first kappa shape index (κ1) is 20.9. The van der Waals surface area contributed by atoms with Crippen LogP contribution in [0.2, 0.25) is 0 Å². The van der Waals surface area contributed by atoms with Crippen LogP contribution in [0.25, 0.3) is 0 Å². The molecule has 1 N–H and O–H groups in total. The Morgan fingerprint density at radius 2 is 1.96 bits per heavy atom. The molecule has 134 valence electrons. The van der Waals surface area contributed by atoms with Gasteiger partial charge in [-0.05, 0) is 44.1 Å². The van der Waals surface area contributed by atoms with Crippen molar-refractivity contribution < 1.29 is 14.3 Å². The fourth-order valence-corrected chi connectivity index (χ4v) is 3.19. The van der Waals surface area contributed by atoms with Gasteiger partial charge in [0.25, 0.3) is 0 Å². The van der Waals surface area contributed by atoms with E-state index in [1.807, 2.05) is 13.1 Å². The number of benzene rings is 1.